The van der Waals surface area contributed by atoms with Gasteiger partial charge < -0.3 is 45.8 Å². The molecular formula is C18H29ClN6O5. The predicted molar refractivity (Wildman–Crippen MR) is 113 cm³/mol. The molecule has 0 bridgehead atoms. The molecule has 0 spiro atoms. The summed E-state index contributed by atoms with van der Waals surface area (Å²) in [5, 5.41) is 31.6. The minimum Gasteiger partial charge on any atom is -0.399 e. The van der Waals surface area contributed by atoms with E-state index in [1.807, 2.05) is 24.3 Å². The maximum absolute atomic E-state index is 10.1. The summed E-state index contributed by atoms with van der Waals surface area (Å²) in [6.45, 7) is 2.37. The minimum absolute atomic E-state index is 0.183. The highest BCUT2D eigenvalue weighted by atomic mass is 35.5. The molecule has 1 aromatic heterocycles. The van der Waals surface area contributed by atoms with Gasteiger partial charge in [0, 0.05) is 24.4 Å². The largest absolute Gasteiger partial charge is 0.399 e. The van der Waals surface area contributed by atoms with Crippen molar-refractivity contribution in [2.45, 2.75) is 31.6 Å². The number of benzene rings is 1. The minimum atomic E-state index is -1.41. The van der Waals surface area contributed by atoms with Crippen LogP contribution in [0.15, 0.2) is 36.2 Å². The molecule has 2 aromatic rings. The number of alkyl halides is 1. The van der Waals surface area contributed by atoms with Gasteiger partial charge in [-0.3, -0.25) is 0 Å². The molecule has 0 aliphatic carbocycles. The molecule has 1 aliphatic heterocycles. The normalized spacial score (nSPS) is 23.9. The van der Waals surface area contributed by atoms with Crippen molar-refractivity contribution in [3.05, 3.63) is 36.2 Å². The van der Waals surface area contributed by atoms with Gasteiger partial charge in [0.15, 0.2) is 12.6 Å². The number of para-hydroxylation sites is 2. The maximum atomic E-state index is 10.1. The molecule has 0 amide bonds. The number of aliphatic hydroxyl groups is 3. The van der Waals surface area contributed by atoms with Crippen molar-refractivity contribution in [1.82, 2.24) is 15.0 Å². The Morgan fingerprint density at radius 2 is 2.13 bits per heavy atom. The number of hydrogen-bond acceptors (Lipinski definition) is 10. The first-order chi connectivity index (χ1) is 14.4. The molecule has 1 aromatic carbocycles. The molecule has 12 heteroatoms. The van der Waals surface area contributed by atoms with Crippen molar-refractivity contribution < 1.29 is 24.8 Å². The summed E-state index contributed by atoms with van der Waals surface area (Å²) < 4.78 is 10.5. The lowest BCUT2D eigenvalue weighted by Gasteiger charge is -2.28. The first-order valence-corrected chi connectivity index (χ1v) is 9.92. The molecular weight excluding hydrogens is 416 g/mol. The summed E-state index contributed by atoms with van der Waals surface area (Å²) in [5.74, 6) is 6.79. The van der Waals surface area contributed by atoms with Crippen LogP contribution in [-0.2, 0) is 9.47 Å². The third-order valence-corrected chi connectivity index (χ3v) is 4.22. The molecule has 4 unspecified atom stereocenters. The highest BCUT2D eigenvalue weighted by Gasteiger charge is 2.46. The van der Waals surface area contributed by atoms with Crippen LogP contribution < -0.4 is 16.9 Å². The zero-order valence-corrected chi connectivity index (χ0v) is 17.4. The van der Waals surface area contributed by atoms with Crippen molar-refractivity contribution in [3.63, 3.8) is 0 Å². The van der Waals surface area contributed by atoms with Gasteiger partial charge in [-0.15, -0.1) is 11.6 Å². The van der Waals surface area contributed by atoms with Crippen LogP contribution in [0.3, 0.4) is 0 Å². The van der Waals surface area contributed by atoms with Crippen molar-refractivity contribution in [2.24, 2.45) is 11.6 Å². The lowest BCUT2D eigenvalue weighted by atomic mass is 10.2. The number of ether oxygens (including phenoxy) is 2. The smallest absolute Gasteiger partial charge is 0.201 e. The molecule has 1 fully saturated rings. The van der Waals surface area contributed by atoms with Gasteiger partial charge >= 0.3 is 0 Å². The topological polar surface area (TPSA) is 175 Å². The van der Waals surface area contributed by atoms with E-state index in [-0.39, 0.29) is 25.6 Å². The molecule has 3 rings (SSSR count). The van der Waals surface area contributed by atoms with Gasteiger partial charge in [0.2, 0.25) is 5.95 Å². The quantitative estimate of drug-likeness (QED) is 0.161. The third-order valence-electron chi connectivity index (χ3n) is 4.06. The van der Waals surface area contributed by atoms with Gasteiger partial charge in [-0.05, 0) is 19.1 Å². The standard InChI is InChI=1S/C16H23ClN6O4.C2H6O/c17-5-6-26-15-12(13(24)14(25)27-15)23(19)8-9(18)7-20-16-21-10-3-1-2-4-11(10)22-16;1-2-3/h1-4,8,12-15,24-25H,5-7,18-19H2,(H2,20,21,22);3H,2H2,1H3/b9-8-;. The SMILES string of the molecule is CCO.N/C(=C\N(N)C1C(OCCCl)OC(O)C1O)CNc1nc2ccccc2[nH]1. The van der Waals surface area contributed by atoms with E-state index in [2.05, 4.69) is 15.3 Å². The first kappa shape index (κ1) is 24.2. The van der Waals surface area contributed by atoms with Crippen LogP contribution >= 0.6 is 11.6 Å². The van der Waals surface area contributed by atoms with E-state index in [1.54, 1.807) is 6.92 Å². The molecule has 2 heterocycles. The monoisotopic (exact) mass is 444 g/mol. The Labute approximate surface area is 179 Å². The molecule has 30 heavy (non-hydrogen) atoms. The van der Waals surface area contributed by atoms with Crippen molar-refractivity contribution in [1.29, 1.82) is 0 Å². The number of aromatic nitrogens is 2. The fourth-order valence-corrected chi connectivity index (χ4v) is 2.88. The van der Waals surface area contributed by atoms with Crippen molar-refractivity contribution >= 4 is 28.6 Å². The summed E-state index contributed by atoms with van der Waals surface area (Å²) in [6, 6.07) is 6.79. The van der Waals surface area contributed by atoms with Crippen LogP contribution in [0.5, 0.6) is 0 Å². The molecule has 1 saturated heterocycles. The predicted octanol–water partition coefficient (Wildman–Crippen LogP) is -0.391. The van der Waals surface area contributed by atoms with E-state index in [0.29, 0.717) is 11.6 Å². The van der Waals surface area contributed by atoms with Gasteiger partial charge in [-0.1, -0.05) is 12.1 Å². The van der Waals surface area contributed by atoms with Gasteiger partial charge in [-0.2, -0.15) is 0 Å². The van der Waals surface area contributed by atoms with E-state index in [4.69, 9.17) is 37.8 Å². The number of imidazole rings is 1. The Balaban J connectivity index is 0.00000101. The van der Waals surface area contributed by atoms with Crippen LogP contribution in [0.4, 0.5) is 5.95 Å². The Morgan fingerprint density at radius 1 is 1.43 bits per heavy atom. The third kappa shape index (κ3) is 6.44. The number of hydrazine groups is 1. The maximum Gasteiger partial charge on any atom is 0.201 e. The zero-order valence-electron chi connectivity index (χ0n) is 16.6. The van der Waals surface area contributed by atoms with E-state index < -0.39 is 24.7 Å². The van der Waals surface area contributed by atoms with Crippen LogP contribution in [0, 0.1) is 0 Å². The molecule has 1 aliphatic rings. The zero-order chi connectivity index (χ0) is 22.1. The Morgan fingerprint density at radius 3 is 2.80 bits per heavy atom. The Hall–Kier alpha value is -2.12. The van der Waals surface area contributed by atoms with Gasteiger partial charge in [0.25, 0.3) is 0 Å². The van der Waals surface area contributed by atoms with E-state index in [9.17, 15) is 10.2 Å². The molecule has 0 radical (unpaired) electrons. The number of hydrogen-bond donors (Lipinski definition) is 7. The first-order valence-electron chi connectivity index (χ1n) is 9.39. The lowest BCUT2D eigenvalue weighted by Crippen LogP contribution is -2.50. The van der Waals surface area contributed by atoms with Crippen LogP contribution in [0.1, 0.15) is 6.92 Å². The number of nitrogens with zero attached hydrogens (tertiary/aromatic N) is 2. The Bertz CT molecular complexity index is 773. The lowest BCUT2D eigenvalue weighted by molar-refractivity contribution is -0.198. The average Bonchev–Trinajstić information content (AvgIpc) is 3.25. The number of halogens is 1. The van der Waals surface area contributed by atoms with Crippen molar-refractivity contribution in [2.75, 3.05) is 31.0 Å². The summed E-state index contributed by atoms with van der Waals surface area (Å²) >= 11 is 5.59. The second kappa shape index (κ2) is 11.9. The molecule has 168 valence electrons. The van der Waals surface area contributed by atoms with Crippen molar-refractivity contribution in [3.8, 4) is 0 Å². The highest BCUT2D eigenvalue weighted by Crippen LogP contribution is 2.24. The second-order valence-corrected chi connectivity index (χ2v) is 6.74. The number of H-pyrrole nitrogens is 1. The number of nitrogens with one attached hydrogen (secondary N) is 2. The number of rotatable bonds is 8. The van der Waals surface area contributed by atoms with Crippen LogP contribution in [-0.4, -0.2) is 80.7 Å². The molecule has 9 N–H and O–H groups in total. The van der Waals surface area contributed by atoms with E-state index in [0.717, 1.165) is 16.0 Å². The number of aliphatic hydroxyl groups excluding tert-OH is 3. The Kier molecular flexibility index (Phi) is 9.59. The summed E-state index contributed by atoms with van der Waals surface area (Å²) in [7, 11) is 0. The average molecular weight is 445 g/mol. The fraction of sp³-hybridized carbons (Fsp3) is 0.500. The summed E-state index contributed by atoms with van der Waals surface area (Å²) in [5.41, 5.74) is 8.12. The van der Waals surface area contributed by atoms with Gasteiger partial charge in [0.05, 0.1) is 24.2 Å². The second-order valence-electron chi connectivity index (χ2n) is 6.36. The molecule has 11 nitrogen and oxygen atoms in total. The summed E-state index contributed by atoms with van der Waals surface area (Å²) in [6.07, 6.45) is -2.18. The molecule has 4 atom stereocenters. The number of nitrogens with two attached hydrogens (primary N) is 2. The van der Waals surface area contributed by atoms with Gasteiger partial charge in [-0.25, -0.2) is 10.8 Å². The van der Waals surface area contributed by atoms with Crippen LogP contribution in [0.25, 0.3) is 11.0 Å². The number of anilines is 1. The molecule has 0 saturated carbocycles. The van der Waals surface area contributed by atoms with E-state index >= 15 is 0 Å². The van der Waals surface area contributed by atoms with Gasteiger partial charge in [0.1, 0.15) is 12.1 Å². The number of aromatic amines is 1. The van der Waals surface area contributed by atoms with E-state index in [1.165, 1.54) is 6.20 Å². The number of fused-ring (bicyclic) bond motifs is 1. The fourth-order valence-electron chi connectivity index (χ4n) is 2.79. The summed E-state index contributed by atoms with van der Waals surface area (Å²) in [4.78, 5) is 7.52. The van der Waals surface area contributed by atoms with Crippen LogP contribution in [0.2, 0.25) is 0 Å². The highest BCUT2D eigenvalue weighted by molar-refractivity contribution is 6.17.